The van der Waals surface area contributed by atoms with Crippen LogP contribution >= 0.6 is 0 Å². The summed E-state index contributed by atoms with van der Waals surface area (Å²) in [6, 6.07) is -0.672. The zero-order chi connectivity index (χ0) is 42.8. The first-order chi connectivity index (χ1) is 27.5. The Morgan fingerprint density at radius 2 is 1.59 bits per heavy atom. The second-order valence-corrected chi connectivity index (χ2v) is 16.7. The van der Waals surface area contributed by atoms with Crippen LogP contribution in [0.2, 0.25) is 0 Å². The van der Waals surface area contributed by atoms with Crippen LogP contribution in [0.1, 0.15) is 67.2 Å². The van der Waals surface area contributed by atoms with E-state index in [1.807, 2.05) is 33.8 Å². The number of rotatable bonds is 10. The molecule has 15 heteroatoms. The summed E-state index contributed by atoms with van der Waals surface area (Å²) < 4.78 is 55.4. The highest BCUT2D eigenvalue weighted by Crippen LogP contribution is 2.36. The number of hydrogen-bond donors (Lipinski definition) is 3. The Balaban J connectivity index is 1.72. The molecular formula is C43H71NO14. The molecule has 0 aliphatic carbocycles. The van der Waals surface area contributed by atoms with E-state index in [0.29, 0.717) is 25.9 Å². The molecule has 0 spiro atoms. The van der Waals surface area contributed by atoms with Gasteiger partial charge in [0.05, 0.1) is 62.3 Å². The van der Waals surface area contributed by atoms with Crippen molar-refractivity contribution in [3.63, 3.8) is 0 Å². The summed E-state index contributed by atoms with van der Waals surface area (Å²) in [5.74, 6) is -2.25. The van der Waals surface area contributed by atoms with Gasteiger partial charge in [-0.25, -0.2) is 0 Å². The molecule has 2 bridgehead atoms. The molecule has 6 unspecified atom stereocenters. The molecule has 3 fully saturated rings. The lowest BCUT2D eigenvalue weighted by Gasteiger charge is -2.47. The van der Waals surface area contributed by atoms with Crippen LogP contribution in [0.4, 0.5) is 0 Å². The maximum Gasteiger partial charge on any atom is 0.308 e. The molecule has 3 saturated heterocycles. The minimum absolute atomic E-state index is 0.0552. The molecule has 0 aromatic carbocycles. The Hall–Kier alpha value is -2.12. The van der Waals surface area contributed by atoms with E-state index >= 15 is 0 Å². The SMILES string of the molecule is C=CC1COCC[C@H]2C[C@@H](C)C(=O)/C=C/C(C)=C/[C@H](CO[C@@H]3OC(C)[C@@H](O)[C@H](OC)C3OC)[C@@H](CC)OC(=O)C[C@@H](O1)[C@H](C)[C@H]2O[C@@H]1OC(C)[C@@H](O)C(N(C)C)C1O. The molecule has 4 aliphatic rings. The molecule has 15 nitrogen and oxygen atoms in total. The summed E-state index contributed by atoms with van der Waals surface area (Å²) in [4.78, 5) is 29.7. The Morgan fingerprint density at radius 1 is 0.914 bits per heavy atom. The number of carbonyl (C=O) groups excluding carboxylic acids is 2. The smallest absolute Gasteiger partial charge is 0.308 e. The summed E-state index contributed by atoms with van der Waals surface area (Å²) in [5.41, 5.74) is 0.765. The number of fused-ring (bicyclic) bond motifs is 3. The van der Waals surface area contributed by atoms with Gasteiger partial charge in [-0.05, 0) is 66.1 Å². The van der Waals surface area contributed by atoms with E-state index < -0.39 is 109 Å². The number of ether oxygens (including phenoxy) is 9. The van der Waals surface area contributed by atoms with Gasteiger partial charge in [0.25, 0.3) is 0 Å². The van der Waals surface area contributed by atoms with E-state index in [4.69, 9.17) is 42.6 Å². The molecule has 0 saturated carbocycles. The Labute approximate surface area is 344 Å². The van der Waals surface area contributed by atoms with Gasteiger partial charge >= 0.3 is 5.97 Å². The summed E-state index contributed by atoms with van der Waals surface area (Å²) in [7, 11) is 6.54. The van der Waals surface area contributed by atoms with E-state index in [9.17, 15) is 24.9 Å². The van der Waals surface area contributed by atoms with Crippen LogP contribution in [0.25, 0.3) is 0 Å². The third-order valence-corrected chi connectivity index (χ3v) is 12.2. The standard InChI is InChI=1S/C43H71NO14/c1-12-30-22-52-17-16-28-19-24(4)31(45)15-14-23(3)18-29(21-53-43-41(51-11)40(50-10)37(48)27(7)55-43)32(13-2)57-34(46)20-33(56-30)25(5)39(28)58-42-38(49)35(44(8)9)36(47)26(6)54-42/h12,14-15,18,24-30,32-33,35-43,47-49H,1,13,16-17,19-22H2,2-11H3/b15-14+,23-18+/t24-,25+,26?,27?,28+,29-,30?,32-,33-,35?,36-,37-,38?,39-,40+,41?,42+,43-/m1/s1. The Bertz CT molecular complexity index is 1380. The third-order valence-electron chi connectivity index (χ3n) is 12.2. The lowest BCUT2D eigenvalue weighted by Crippen LogP contribution is -2.63. The maximum atomic E-state index is 14.2. The normalized spacial score (nSPS) is 44.3. The molecule has 332 valence electrons. The van der Waals surface area contributed by atoms with Gasteiger partial charge in [-0.1, -0.05) is 44.6 Å². The van der Waals surface area contributed by atoms with Crippen molar-refractivity contribution >= 4 is 11.8 Å². The van der Waals surface area contributed by atoms with Gasteiger partial charge in [-0.3, -0.25) is 9.59 Å². The molecule has 0 radical (unpaired) electrons. The number of likely N-dealkylation sites (N-methyl/N-ethyl adjacent to an activating group) is 1. The minimum atomic E-state index is -1.21. The van der Waals surface area contributed by atoms with Gasteiger partial charge in [0.2, 0.25) is 0 Å². The minimum Gasteiger partial charge on any atom is -0.462 e. The van der Waals surface area contributed by atoms with Crippen molar-refractivity contribution in [1.29, 1.82) is 0 Å². The summed E-state index contributed by atoms with van der Waals surface area (Å²) >= 11 is 0. The largest absolute Gasteiger partial charge is 0.462 e. The number of hydrogen-bond acceptors (Lipinski definition) is 15. The Morgan fingerprint density at radius 3 is 2.22 bits per heavy atom. The number of carbonyl (C=O) groups is 2. The number of aliphatic hydroxyl groups is 3. The van der Waals surface area contributed by atoms with Crippen LogP contribution in [0.15, 0.2) is 36.5 Å². The van der Waals surface area contributed by atoms with Gasteiger partial charge in [0.15, 0.2) is 18.4 Å². The summed E-state index contributed by atoms with van der Waals surface area (Å²) in [6.45, 7) is 15.6. The Kier molecular flexibility index (Phi) is 19.0. The molecule has 58 heavy (non-hydrogen) atoms. The first kappa shape index (κ1) is 48.5. The first-order valence-corrected chi connectivity index (χ1v) is 20.8. The van der Waals surface area contributed by atoms with Crippen LogP contribution in [0, 0.1) is 23.7 Å². The number of nitrogens with zero attached hydrogens (tertiary/aromatic N) is 1. The quantitative estimate of drug-likeness (QED) is 0.216. The van der Waals surface area contributed by atoms with Gasteiger partial charge in [0, 0.05) is 38.6 Å². The second-order valence-electron chi connectivity index (χ2n) is 16.7. The predicted molar refractivity (Wildman–Crippen MR) is 213 cm³/mol. The third kappa shape index (κ3) is 12.3. The summed E-state index contributed by atoms with van der Waals surface area (Å²) in [6.07, 6.45) is -2.34. The highest BCUT2D eigenvalue weighted by molar-refractivity contribution is 5.91. The van der Waals surface area contributed by atoms with Crippen molar-refractivity contribution in [3.05, 3.63) is 36.5 Å². The molecule has 0 aromatic rings. The second kappa shape index (κ2) is 22.6. The maximum absolute atomic E-state index is 14.2. The lowest BCUT2D eigenvalue weighted by atomic mass is 9.79. The lowest BCUT2D eigenvalue weighted by molar-refractivity contribution is -0.306. The van der Waals surface area contributed by atoms with E-state index in [-0.39, 0.29) is 31.3 Å². The average Bonchev–Trinajstić information content (AvgIpc) is 3.18. The van der Waals surface area contributed by atoms with Crippen molar-refractivity contribution in [2.75, 3.05) is 48.1 Å². The van der Waals surface area contributed by atoms with Crippen molar-refractivity contribution in [3.8, 4) is 0 Å². The van der Waals surface area contributed by atoms with Gasteiger partial charge < -0.3 is 62.9 Å². The number of aliphatic hydroxyl groups excluding tert-OH is 3. The van der Waals surface area contributed by atoms with Crippen LogP contribution in [0.3, 0.4) is 0 Å². The summed E-state index contributed by atoms with van der Waals surface area (Å²) in [5, 5.41) is 33.2. The monoisotopic (exact) mass is 825 g/mol. The fourth-order valence-corrected chi connectivity index (χ4v) is 8.67. The molecule has 0 aromatic heterocycles. The van der Waals surface area contributed by atoms with Gasteiger partial charge in [-0.2, -0.15) is 0 Å². The highest BCUT2D eigenvalue weighted by atomic mass is 16.7. The van der Waals surface area contributed by atoms with Crippen molar-refractivity contribution in [2.45, 2.75) is 153 Å². The molecule has 3 N–H and O–H groups in total. The van der Waals surface area contributed by atoms with E-state index in [1.165, 1.54) is 14.2 Å². The van der Waals surface area contributed by atoms with E-state index in [1.54, 1.807) is 51.1 Å². The molecular weight excluding hydrogens is 754 g/mol. The van der Waals surface area contributed by atoms with E-state index in [2.05, 4.69) is 6.58 Å². The van der Waals surface area contributed by atoms with Crippen LogP contribution < -0.4 is 0 Å². The number of cyclic esters (lactones) is 1. The van der Waals surface area contributed by atoms with Crippen molar-refractivity contribution in [2.24, 2.45) is 23.7 Å². The van der Waals surface area contributed by atoms with Crippen LogP contribution in [-0.4, -0.2) is 166 Å². The average molecular weight is 826 g/mol. The van der Waals surface area contributed by atoms with Crippen molar-refractivity contribution < 1.29 is 67.5 Å². The molecule has 4 aliphatic heterocycles. The number of esters is 1. The fraction of sp³-hybridized carbons (Fsp3) is 0.814. The molecule has 4 heterocycles. The van der Waals surface area contributed by atoms with E-state index in [0.717, 1.165) is 5.57 Å². The molecule has 0 amide bonds. The predicted octanol–water partition coefficient (Wildman–Crippen LogP) is 2.97. The molecule has 18 atom stereocenters. The van der Waals surface area contributed by atoms with Crippen LogP contribution in [0.5, 0.6) is 0 Å². The van der Waals surface area contributed by atoms with Crippen molar-refractivity contribution in [1.82, 2.24) is 4.90 Å². The molecule has 4 rings (SSSR count). The zero-order valence-electron chi connectivity index (χ0n) is 36.1. The fourth-order valence-electron chi connectivity index (χ4n) is 8.67. The number of allylic oxidation sites excluding steroid dienone is 3. The number of ketones is 1. The zero-order valence-corrected chi connectivity index (χ0v) is 36.1. The van der Waals surface area contributed by atoms with Gasteiger partial charge in [-0.15, -0.1) is 6.58 Å². The highest BCUT2D eigenvalue weighted by Gasteiger charge is 2.48. The first-order valence-electron chi connectivity index (χ1n) is 20.8. The van der Waals surface area contributed by atoms with Gasteiger partial charge in [0.1, 0.15) is 30.5 Å². The van der Waals surface area contributed by atoms with Crippen LogP contribution in [-0.2, 0) is 52.2 Å². The topological polar surface area (TPSA) is 181 Å². The number of methoxy groups -OCH3 is 2.